The lowest BCUT2D eigenvalue weighted by Gasteiger charge is -2.23. The highest BCUT2D eigenvalue weighted by Gasteiger charge is 2.14. The Morgan fingerprint density at radius 2 is 1.71 bits per heavy atom. The number of hydrogen-bond acceptors (Lipinski definition) is 5. The highest BCUT2D eigenvalue weighted by Crippen LogP contribution is 2.16. The number of hydrogen-bond donors (Lipinski definition) is 1. The third kappa shape index (κ3) is 7.58. The number of anilines is 1. The number of ether oxygens (including phenoxy) is 1. The van der Waals surface area contributed by atoms with Gasteiger partial charge in [0.1, 0.15) is 5.75 Å². The fraction of sp³-hybridized carbons (Fsp3) is 0.350. The minimum Gasteiger partial charge on any atom is -0.385 e. The van der Waals surface area contributed by atoms with Crippen LogP contribution in [0.2, 0.25) is 0 Å². The molecule has 0 fully saturated rings. The Kier molecular flexibility index (Phi) is 7.83. The molecule has 0 aliphatic heterocycles. The molecule has 0 heterocycles. The second-order valence-corrected chi connectivity index (χ2v) is 8.07. The molecule has 0 aromatic heterocycles. The SMILES string of the molecule is COCCCN(Cc1ccc(OS(C)(=O)=O)cc1)C(=O)Nc1ccc(C)cc1. The monoisotopic (exact) mass is 406 g/mol. The number of benzene rings is 2. The van der Waals surface area contributed by atoms with E-state index in [0.717, 1.165) is 23.1 Å². The molecule has 0 bridgehead atoms. The summed E-state index contributed by atoms with van der Waals surface area (Å²) >= 11 is 0. The zero-order valence-corrected chi connectivity index (χ0v) is 17.2. The summed E-state index contributed by atoms with van der Waals surface area (Å²) < 4.78 is 32.3. The molecule has 0 saturated carbocycles. The lowest BCUT2D eigenvalue weighted by Crippen LogP contribution is -2.35. The van der Waals surface area contributed by atoms with Crippen LogP contribution in [0.1, 0.15) is 17.5 Å². The third-order valence-electron chi connectivity index (χ3n) is 3.91. The average molecular weight is 407 g/mol. The largest absolute Gasteiger partial charge is 0.385 e. The number of urea groups is 1. The number of nitrogens with zero attached hydrogens (tertiary/aromatic N) is 1. The molecule has 0 aliphatic rings. The van der Waals surface area contributed by atoms with E-state index < -0.39 is 10.1 Å². The first-order valence-electron chi connectivity index (χ1n) is 8.87. The van der Waals surface area contributed by atoms with Crippen molar-refractivity contribution in [3.8, 4) is 5.75 Å². The molecule has 28 heavy (non-hydrogen) atoms. The Morgan fingerprint density at radius 3 is 2.29 bits per heavy atom. The minimum absolute atomic E-state index is 0.212. The minimum atomic E-state index is -3.57. The predicted octanol–water partition coefficient (Wildman–Crippen LogP) is 3.40. The third-order valence-corrected chi connectivity index (χ3v) is 4.41. The molecule has 2 amide bonds. The summed E-state index contributed by atoms with van der Waals surface area (Å²) in [4.78, 5) is 14.4. The molecular formula is C20H26N2O5S. The van der Waals surface area contributed by atoms with E-state index in [-0.39, 0.29) is 11.8 Å². The van der Waals surface area contributed by atoms with Crippen molar-refractivity contribution in [3.63, 3.8) is 0 Å². The molecule has 0 atom stereocenters. The van der Waals surface area contributed by atoms with E-state index in [1.54, 1.807) is 36.3 Å². The Balaban J connectivity index is 2.06. The van der Waals surface area contributed by atoms with Gasteiger partial charge in [-0.05, 0) is 43.2 Å². The lowest BCUT2D eigenvalue weighted by atomic mass is 10.2. The smallest absolute Gasteiger partial charge is 0.322 e. The zero-order chi connectivity index (χ0) is 20.6. The van der Waals surface area contributed by atoms with Crippen LogP contribution in [0.4, 0.5) is 10.5 Å². The van der Waals surface area contributed by atoms with Crippen LogP contribution in [-0.4, -0.2) is 45.9 Å². The van der Waals surface area contributed by atoms with Crippen molar-refractivity contribution in [2.45, 2.75) is 19.9 Å². The van der Waals surface area contributed by atoms with E-state index in [1.807, 2.05) is 31.2 Å². The van der Waals surface area contributed by atoms with Gasteiger partial charge in [0.05, 0.1) is 6.26 Å². The van der Waals surface area contributed by atoms with Gasteiger partial charge in [-0.15, -0.1) is 0 Å². The summed E-state index contributed by atoms with van der Waals surface area (Å²) in [6.45, 7) is 3.43. The molecule has 152 valence electrons. The molecule has 0 saturated heterocycles. The van der Waals surface area contributed by atoms with Gasteiger partial charge in [-0.2, -0.15) is 8.42 Å². The van der Waals surface area contributed by atoms with Gasteiger partial charge < -0.3 is 19.1 Å². The van der Waals surface area contributed by atoms with Crippen LogP contribution in [0.3, 0.4) is 0 Å². The van der Waals surface area contributed by atoms with E-state index in [0.29, 0.717) is 26.1 Å². The summed E-state index contributed by atoms with van der Waals surface area (Å²) in [5.41, 5.74) is 2.70. The topological polar surface area (TPSA) is 84.9 Å². The maximum Gasteiger partial charge on any atom is 0.322 e. The highest BCUT2D eigenvalue weighted by molar-refractivity contribution is 7.86. The van der Waals surface area contributed by atoms with Crippen LogP contribution in [0, 0.1) is 6.92 Å². The van der Waals surface area contributed by atoms with Gasteiger partial charge in [-0.1, -0.05) is 29.8 Å². The molecule has 0 aliphatic carbocycles. The van der Waals surface area contributed by atoms with Gasteiger partial charge in [-0.3, -0.25) is 0 Å². The standard InChI is InChI=1S/C20H26N2O5S/c1-16-5-9-18(10-6-16)21-20(23)22(13-4-14-26-2)15-17-7-11-19(12-8-17)27-28(3,24)25/h5-12H,4,13-15H2,1-3H3,(H,21,23). The Bertz CT molecular complexity index is 864. The quantitative estimate of drug-likeness (QED) is 0.510. The number of carbonyl (C=O) groups excluding carboxylic acids is 1. The second kappa shape index (κ2) is 10.1. The number of aryl methyl sites for hydroxylation is 1. The van der Waals surface area contributed by atoms with E-state index in [9.17, 15) is 13.2 Å². The highest BCUT2D eigenvalue weighted by atomic mass is 32.2. The van der Waals surface area contributed by atoms with Crippen molar-refractivity contribution in [2.75, 3.05) is 31.8 Å². The van der Waals surface area contributed by atoms with Gasteiger partial charge in [0.25, 0.3) is 0 Å². The van der Waals surface area contributed by atoms with E-state index in [1.165, 1.54) is 0 Å². The summed E-state index contributed by atoms with van der Waals surface area (Å²) in [5, 5.41) is 2.90. The maximum atomic E-state index is 12.7. The molecule has 1 N–H and O–H groups in total. The molecule has 0 unspecified atom stereocenters. The first kappa shape index (κ1) is 21.7. The number of amides is 2. The number of rotatable bonds is 9. The van der Waals surface area contributed by atoms with Crippen LogP contribution in [0.25, 0.3) is 0 Å². The lowest BCUT2D eigenvalue weighted by molar-refractivity contribution is 0.171. The van der Waals surface area contributed by atoms with Crippen LogP contribution >= 0.6 is 0 Å². The molecule has 0 radical (unpaired) electrons. The van der Waals surface area contributed by atoms with Gasteiger partial charge >= 0.3 is 16.1 Å². The van der Waals surface area contributed by atoms with Crippen LogP contribution in [-0.2, 0) is 21.4 Å². The van der Waals surface area contributed by atoms with Crippen molar-refractivity contribution >= 4 is 21.8 Å². The van der Waals surface area contributed by atoms with E-state index in [2.05, 4.69) is 5.32 Å². The average Bonchev–Trinajstić information content (AvgIpc) is 2.63. The molecular weight excluding hydrogens is 380 g/mol. The fourth-order valence-electron chi connectivity index (χ4n) is 2.54. The normalized spacial score (nSPS) is 11.1. The van der Waals surface area contributed by atoms with Gasteiger partial charge in [0, 0.05) is 32.5 Å². The van der Waals surface area contributed by atoms with Gasteiger partial charge in [-0.25, -0.2) is 4.79 Å². The van der Waals surface area contributed by atoms with Crippen molar-refractivity contribution in [3.05, 3.63) is 59.7 Å². The summed E-state index contributed by atoms with van der Waals surface area (Å²) in [6.07, 6.45) is 1.70. The number of carbonyl (C=O) groups is 1. The molecule has 7 nitrogen and oxygen atoms in total. The zero-order valence-electron chi connectivity index (χ0n) is 16.3. The summed E-state index contributed by atoms with van der Waals surface area (Å²) in [7, 11) is -1.95. The Hall–Kier alpha value is -2.58. The summed E-state index contributed by atoms with van der Waals surface area (Å²) in [6, 6.07) is 14.0. The van der Waals surface area contributed by atoms with Crippen LogP contribution in [0.5, 0.6) is 5.75 Å². The molecule has 8 heteroatoms. The first-order valence-corrected chi connectivity index (χ1v) is 10.7. The Morgan fingerprint density at radius 1 is 1.07 bits per heavy atom. The summed E-state index contributed by atoms with van der Waals surface area (Å²) in [5.74, 6) is 0.237. The fourth-order valence-corrected chi connectivity index (χ4v) is 3.00. The Labute approximate surface area is 166 Å². The molecule has 0 spiro atoms. The molecule has 2 aromatic carbocycles. The van der Waals surface area contributed by atoms with Crippen molar-refractivity contribution < 1.29 is 22.1 Å². The van der Waals surface area contributed by atoms with Gasteiger partial charge in [0.2, 0.25) is 0 Å². The first-order chi connectivity index (χ1) is 13.3. The van der Waals surface area contributed by atoms with Crippen molar-refractivity contribution in [1.29, 1.82) is 0 Å². The van der Waals surface area contributed by atoms with Crippen molar-refractivity contribution in [1.82, 2.24) is 4.90 Å². The molecule has 2 rings (SSSR count). The van der Waals surface area contributed by atoms with Crippen molar-refractivity contribution in [2.24, 2.45) is 0 Å². The molecule has 2 aromatic rings. The predicted molar refractivity (Wildman–Crippen MR) is 109 cm³/mol. The van der Waals surface area contributed by atoms with E-state index in [4.69, 9.17) is 8.92 Å². The van der Waals surface area contributed by atoms with Crippen LogP contribution < -0.4 is 9.50 Å². The van der Waals surface area contributed by atoms with Gasteiger partial charge in [0.15, 0.2) is 0 Å². The van der Waals surface area contributed by atoms with E-state index >= 15 is 0 Å². The van der Waals surface area contributed by atoms with Crippen LogP contribution in [0.15, 0.2) is 48.5 Å². The maximum absolute atomic E-state index is 12.7. The second-order valence-electron chi connectivity index (χ2n) is 6.50. The number of nitrogens with one attached hydrogen (secondary N) is 1. The number of methoxy groups -OCH3 is 1.